The lowest BCUT2D eigenvalue weighted by atomic mass is 10.3. The maximum atomic E-state index is 11.4. The lowest BCUT2D eigenvalue weighted by molar-refractivity contribution is 0.0692. The summed E-state index contributed by atoms with van der Waals surface area (Å²) >= 11 is 0. The molecule has 0 radical (unpaired) electrons. The Kier molecular flexibility index (Phi) is 3.61. The molecule has 1 aliphatic rings. The van der Waals surface area contributed by atoms with Gasteiger partial charge < -0.3 is 9.84 Å². The van der Waals surface area contributed by atoms with Gasteiger partial charge in [0.05, 0.1) is 13.2 Å². The molecule has 0 spiro atoms. The smallest absolute Gasteiger partial charge is 0.342 e. The lowest BCUT2D eigenvalue weighted by Crippen LogP contribution is -2.34. The van der Waals surface area contributed by atoms with E-state index in [1.165, 1.54) is 12.8 Å². The van der Waals surface area contributed by atoms with Crippen molar-refractivity contribution in [1.29, 1.82) is 0 Å². The maximum absolute atomic E-state index is 11.4. The number of rotatable bonds is 6. The van der Waals surface area contributed by atoms with Crippen LogP contribution in [-0.4, -0.2) is 33.8 Å². The van der Waals surface area contributed by atoms with Crippen LogP contribution in [0.3, 0.4) is 0 Å². The molecule has 1 aliphatic carbocycles. The number of carboxylic acids is 1. The van der Waals surface area contributed by atoms with Crippen LogP contribution in [0.2, 0.25) is 0 Å². The molecular weight excluding hydrogens is 240 g/mol. The van der Waals surface area contributed by atoms with Gasteiger partial charge in [-0.25, -0.2) is 9.59 Å². The van der Waals surface area contributed by atoms with Crippen molar-refractivity contribution in [1.82, 2.24) is 9.55 Å². The van der Waals surface area contributed by atoms with E-state index < -0.39 is 22.8 Å². The zero-order valence-electron chi connectivity index (χ0n) is 9.72. The number of ether oxygens (including phenoxy) is 1. The average Bonchev–Trinajstić information content (AvgIpc) is 3.10. The summed E-state index contributed by atoms with van der Waals surface area (Å²) < 4.78 is 6.48. The zero-order valence-corrected chi connectivity index (χ0v) is 9.72. The van der Waals surface area contributed by atoms with E-state index in [1.54, 1.807) is 0 Å². The molecule has 7 nitrogen and oxygen atoms in total. The van der Waals surface area contributed by atoms with E-state index >= 15 is 0 Å². The number of aromatic amines is 1. The quantitative estimate of drug-likeness (QED) is 0.676. The van der Waals surface area contributed by atoms with Gasteiger partial charge in [0.1, 0.15) is 5.56 Å². The van der Waals surface area contributed by atoms with E-state index in [9.17, 15) is 14.4 Å². The Morgan fingerprint density at radius 3 is 2.83 bits per heavy atom. The van der Waals surface area contributed by atoms with Crippen molar-refractivity contribution in [3.05, 3.63) is 32.6 Å². The maximum Gasteiger partial charge on any atom is 0.342 e. The molecule has 7 heteroatoms. The van der Waals surface area contributed by atoms with E-state index in [1.807, 2.05) is 4.98 Å². The molecule has 18 heavy (non-hydrogen) atoms. The van der Waals surface area contributed by atoms with Gasteiger partial charge in [-0.15, -0.1) is 0 Å². The molecule has 1 fully saturated rings. The highest BCUT2D eigenvalue weighted by molar-refractivity contribution is 5.86. The number of nitrogens with one attached hydrogen (secondary N) is 1. The number of carbonyl (C=O) groups is 1. The number of aromatic nitrogens is 2. The van der Waals surface area contributed by atoms with E-state index in [4.69, 9.17) is 9.84 Å². The third-order valence-corrected chi connectivity index (χ3v) is 2.77. The number of nitrogens with zero attached hydrogens (tertiary/aromatic N) is 1. The van der Waals surface area contributed by atoms with Gasteiger partial charge in [0.2, 0.25) is 0 Å². The Morgan fingerprint density at radius 2 is 2.22 bits per heavy atom. The summed E-state index contributed by atoms with van der Waals surface area (Å²) in [5, 5.41) is 8.77. The van der Waals surface area contributed by atoms with Crippen molar-refractivity contribution >= 4 is 5.97 Å². The molecule has 2 rings (SSSR count). The Labute approximate surface area is 102 Å². The average molecular weight is 254 g/mol. The molecule has 1 heterocycles. The van der Waals surface area contributed by atoms with Crippen LogP contribution in [0.25, 0.3) is 0 Å². The third-order valence-electron chi connectivity index (χ3n) is 2.77. The van der Waals surface area contributed by atoms with Gasteiger partial charge in [-0.2, -0.15) is 0 Å². The second-order valence-corrected chi connectivity index (χ2v) is 4.32. The third kappa shape index (κ3) is 3.07. The van der Waals surface area contributed by atoms with Gasteiger partial charge >= 0.3 is 11.7 Å². The number of hydrogen-bond donors (Lipinski definition) is 2. The van der Waals surface area contributed by atoms with Gasteiger partial charge in [0.25, 0.3) is 5.56 Å². The Hall–Kier alpha value is -1.89. The van der Waals surface area contributed by atoms with Crippen molar-refractivity contribution < 1.29 is 14.6 Å². The summed E-state index contributed by atoms with van der Waals surface area (Å²) in [6.07, 6.45) is 3.41. The lowest BCUT2D eigenvalue weighted by Gasteiger charge is -2.06. The molecule has 1 saturated carbocycles. The Morgan fingerprint density at radius 1 is 1.50 bits per heavy atom. The number of hydrogen-bond acceptors (Lipinski definition) is 4. The topological polar surface area (TPSA) is 101 Å². The fraction of sp³-hybridized carbons (Fsp3) is 0.545. The minimum absolute atomic E-state index is 0.225. The summed E-state index contributed by atoms with van der Waals surface area (Å²) in [5.41, 5.74) is -1.96. The second kappa shape index (κ2) is 5.18. The molecule has 2 N–H and O–H groups in total. The van der Waals surface area contributed by atoms with Crippen LogP contribution in [0.5, 0.6) is 0 Å². The highest BCUT2D eigenvalue weighted by Gasteiger charge is 2.21. The summed E-state index contributed by atoms with van der Waals surface area (Å²) in [6, 6.07) is 0. The van der Waals surface area contributed by atoms with E-state index in [0.717, 1.165) is 10.8 Å². The van der Waals surface area contributed by atoms with Gasteiger partial charge in [-0.05, 0) is 18.8 Å². The van der Waals surface area contributed by atoms with Crippen LogP contribution in [0.4, 0.5) is 0 Å². The number of H-pyrrole nitrogens is 1. The van der Waals surface area contributed by atoms with Crippen molar-refractivity contribution in [2.45, 2.75) is 19.4 Å². The van der Waals surface area contributed by atoms with Crippen LogP contribution < -0.4 is 11.2 Å². The van der Waals surface area contributed by atoms with Crippen molar-refractivity contribution in [2.75, 3.05) is 13.2 Å². The molecule has 0 unspecified atom stereocenters. The first-order chi connectivity index (χ1) is 8.58. The van der Waals surface area contributed by atoms with E-state index in [-0.39, 0.29) is 6.54 Å². The molecule has 0 saturated heterocycles. The summed E-state index contributed by atoms with van der Waals surface area (Å²) in [4.78, 5) is 35.3. The van der Waals surface area contributed by atoms with Crippen LogP contribution in [0.15, 0.2) is 15.8 Å². The Bertz CT molecular complexity index is 555. The molecule has 1 aromatic heterocycles. The summed E-state index contributed by atoms with van der Waals surface area (Å²) in [6.45, 7) is 1.22. The fourth-order valence-electron chi connectivity index (χ4n) is 1.53. The molecule has 1 aromatic rings. The van der Waals surface area contributed by atoms with Gasteiger partial charge in [0, 0.05) is 12.8 Å². The van der Waals surface area contributed by atoms with Gasteiger partial charge in [-0.1, -0.05) is 0 Å². The fourth-order valence-corrected chi connectivity index (χ4v) is 1.53. The summed E-state index contributed by atoms with van der Waals surface area (Å²) in [7, 11) is 0. The van der Waals surface area contributed by atoms with Gasteiger partial charge in [-0.3, -0.25) is 14.3 Å². The zero-order chi connectivity index (χ0) is 13.1. The van der Waals surface area contributed by atoms with E-state index in [2.05, 4.69) is 0 Å². The molecule has 98 valence electrons. The summed E-state index contributed by atoms with van der Waals surface area (Å²) in [5.74, 6) is -0.726. The highest BCUT2D eigenvalue weighted by atomic mass is 16.5. The minimum Gasteiger partial charge on any atom is -0.477 e. The first-order valence-corrected chi connectivity index (χ1v) is 5.72. The molecule has 0 amide bonds. The van der Waals surface area contributed by atoms with Crippen LogP contribution in [0, 0.1) is 5.92 Å². The number of carboxylic acid groups (broad SMARTS) is 1. The first-order valence-electron chi connectivity index (χ1n) is 5.72. The standard InChI is InChI=1S/C11H14N2O5/c14-9-8(10(15)16)5-13(11(17)12-9)3-4-18-6-7-1-2-7/h5,7H,1-4,6H2,(H,15,16)(H,12,14,17). The normalized spacial score (nSPS) is 14.7. The molecule has 0 bridgehead atoms. The van der Waals surface area contributed by atoms with E-state index in [0.29, 0.717) is 19.1 Å². The first kappa shape index (κ1) is 12.6. The monoisotopic (exact) mass is 254 g/mol. The number of aromatic carboxylic acids is 1. The van der Waals surface area contributed by atoms with Gasteiger partial charge in [0.15, 0.2) is 0 Å². The molecular formula is C11H14N2O5. The second-order valence-electron chi connectivity index (χ2n) is 4.32. The van der Waals surface area contributed by atoms with Crippen LogP contribution in [0.1, 0.15) is 23.2 Å². The van der Waals surface area contributed by atoms with Crippen LogP contribution >= 0.6 is 0 Å². The minimum atomic E-state index is -1.36. The Balaban J connectivity index is 2.01. The highest BCUT2D eigenvalue weighted by Crippen LogP contribution is 2.28. The van der Waals surface area contributed by atoms with Crippen LogP contribution in [-0.2, 0) is 11.3 Å². The molecule has 0 aromatic carbocycles. The van der Waals surface area contributed by atoms with Crippen molar-refractivity contribution in [3.63, 3.8) is 0 Å². The largest absolute Gasteiger partial charge is 0.477 e. The molecule has 0 aliphatic heterocycles. The SMILES string of the molecule is O=C(O)c1cn(CCOCC2CC2)c(=O)[nH]c1=O. The van der Waals surface area contributed by atoms with Crippen molar-refractivity contribution in [3.8, 4) is 0 Å². The van der Waals surface area contributed by atoms with Crippen molar-refractivity contribution in [2.24, 2.45) is 5.92 Å². The predicted octanol–water partition coefficient (Wildman–Crippen LogP) is -0.339. The molecule has 0 atom stereocenters. The predicted molar refractivity (Wildman–Crippen MR) is 61.8 cm³/mol.